The summed E-state index contributed by atoms with van der Waals surface area (Å²) in [6.45, 7) is 0. The van der Waals surface area contributed by atoms with Crippen molar-refractivity contribution >= 4 is 27.5 Å². The van der Waals surface area contributed by atoms with E-state index < -0.39 is 0 Å². The highest BCUT2D eigenvalue weighted by atomic mass is 16.6. The first-order valence-corrected chi connectivity index (χ1v) is 6.86. The second-order valence-electron chi connectivity index (χ2n) is 5.06. The zero-order chi connectivity index (χ0) is 15.1. The molecule has 0 aliphatic heterocycles. The summed E-state index contributed by atoms with van der Waals surface area (Å²) in [7, 11) is 0. The summed E-state index contributed by atoms with van der Waals surface area (Å²) in [5.41, 5.74) is 3.73. The van der Waals surface area contributed by atoms with Gasteiger partial charge in [-0.05, 0) is 24.3 Å². The Labute approximate surface area is 125 Å². The van der Waals surface area contributed by atoms with Gasteiger partial charge in [0.2, 0.25) is 0 Å². The van der Waals surface area contributed by atoms with Gasteiger partial charge in [0.05, 0.1) is 21.5 Å². The second-order valence-corrected chi connectivity index (χ2v) is 5.06. The van der Waals surface area contributed by atoms with Gasteiger partial charge in [0.1, 0.15) is 0 Å². The van der Waals surface area contributed by atoms with Gasteiger partial charge in [-0.1, -0.05) is 24.3 Å². The van der Waals surface area contributed by atoms with E-state index in [1.165, 1.54) is 0 Å². The van der Waals surface area contributed by atoms with E-state index in [4.69, 9.17) is 5.21 Å². The minimum atomic E-state index is -0.130. The molecule has 0 spiro atoms. The predicted octanol–water partition coefficient (Wildman–Crippen LogP) is 4.18. The number of pyridine rings is 1. The molecule has 4 rings (SSSR count). The number of rotatable bonds is 2. The maximum Gasteiger partial charge on any atom is 0.325 e. The minimum Gasteiger partial charge on any atom is -0.360 e. The highest BCUT2D eigenvalue weighted by Crippen LogP contribution is 2.30. The van der Waals surface area contributed by atoms with Crippen molar-refractivity contribution in [3.05, 3.63) is 65.7 Å². The maximum absolute atomic E-state index is 11.2. The summed E-state index contributed by atoms with van der Waals surface area (Å²) in [5, 5.41) is 10.9. The van der Waals surface area contributed by atoms with Crippen molar-refractivity contribution in [2.24, 2.45) is 0 Å². The van der Waals surface area contributed by atoms with E-state index in [9.17, 15) is 4.91 Å². The Kier molecular flexibility index (Phi) is 2.66. The van der Waals surface area contributed by atoms with E-state index in [-0.39, 0.29) is 10.6 Å². The third-order valence-electron chi connectivity index (χ3n) is 3.78. The first kappa shape index (κ1) is 12.5. The molecule has 0 bridgehead atoms. The number of hydrogen-bond donors (Lipinski definition) is 2. The van der Waals surface area contributed by atoms with Gasteiger partial charge in [-0.2, -0.15) is 0 Å². The quantitative estimate of drug-likeness (QED) is 0.544. The maximum atomic E-state index is 11.2. The predicted molar refractivity (Wildman–Crippen MR) is 84.1 cm³/mol. The van der Waals surface area contributed by atoms with Gasteiger partial charge in [-0.15, -0.1) is 0 Å². The Morgan fingerprint density at radius 3 is 2.68 bits per heavy atom. The van der Waals surface area contributed by atoms with Crippen LogP contribution < -0.4 is 0 Å². The molecule has 0 unspecified atom stereocenters. The highest BCUT2D eigenvalue weighted by Gasteiger charge is 2.17. The van der Waals surface area contributed by atoms with Crippen molar-refractivity contribution in [3.8, 4) is 11.3 Å². The van der Waals surface area contributed by atoms with E-state index in [0.717, 1.165) is 22.2 Å². The number of H-pyrrole nitrogens is 1. The summed E-state index contributed by atoms with van der Waals surface area (Å²) >= 11 is 0. The number of nitrogens with zero attached hydrogens (tertiary/aromatic N) is 2. The van der Waals surface area contributed by atoms with Crippen LogP contribution in [0.1, 0.15) is 0 Å². The first-order chi connectivity index (χ1) is 10.7. The van der Waals surface area contributed by atoms with Crippen molar-refractivity contribution in [2.75, 3.05) is 0 Å². The zero-order valence-corrected chi connectivity index (χ0v) is 11.5. The lowest BCUT2D eigenvalue weighted by Crippen LogP contribution is -1.94. The molecular weight excluding hydrogens is 278 g/mol. The van der Waals surface area contributed by atoms with E-state index in [1.807, 2.05) is 42.6 Å². The molecule has 22 heavy (non-hydrogen) atoms. The number of para-hydroxylation sites is 1. The van der Waals surface area contributed by atoms with Crippen LogP contribution in [-0.2, 0) is 0 Å². The van der Waals surface area contributed by atoms with Crippen molar-refractivity contribution in [2.45, 2.75) is 0 Å². The van der Waals surface area contributed by atoms with Gasteiger partial charge in [0, 0.05) is 28.7 Å². The Bertz CT molecular complexity index is 1020. The number of hydrogen-bond acceptors (Lipinski definition) is 2. The molecule has 0 atom stereocenters. The molecule has 0 aliphatic carbocycles. The second kappa shape index (κ2) is 4.66. The van der Waals surface area contributed by atoms with Gasteiger partial charge < -0.3 is 4.98 Å². The summed E-state index contributed by atoms with van der Waals surface area (Å²) in [4.78, 5) is 18.9. The zero-order valence-electron chi connectivity index (χ0n) is 11.5. The number of aromatic amines is 1. The van der Waals surface area contributed by atoms with E-state index in [2.05, 4.69) is 9.97 Å². The summed E-state index contributed by atoms with van der Waals surface area (Å²) in [6, 6.07) is 16.7. The molecule has 0 radical (unpaired) electrons. The molecule has 0 fully saturated rings. The summed E-state index contributed by atoms with van der Waals surface area (Å²) in [5.74, 6) is 0. The SMILES string of the molecule is O=[N+](O)c1cccc2nc(-c3c[nH]c4ccccc34)ccc12. The highest BCUT2D eigenvalue weighted by molar-refractivity contribution is 5.96. The lowest BCUT2D eigenvalue weighted by molar-refractivity contribution is -0.728. The molecule has 2 aromatic heterocycles. The summed E-state index contributed by atoms with van der Waals surface area (Å²) in [6.07, 6.45) is 1.93. The van der Waals surface area contributed by atoms with E-state index in [0.29, 0.717) is 10.9 Å². The van der Waals surface area contributed by atoms with Crippen molar-refractivity contribution in [3.63, 3.8) is 0 Å². The molecule has 106 valence electrons. The minimum absolute atomic E-state index is 0.130. The number of nitrogens with one attached hydrogen (secondary N) is 1. The van der Waals surface area contributed by atoms with Crippen LogP contribution in [0.25, 0.3) is 33.1 Å². The number of benzene rings is 2. The Balaban J connectivity index is 1.95. The average molecular weight is 290 g/mol. The van der Waals surface area contributed by atoms with E-state index >= 15 is 0 Å². The lowest BCUT2D eigenvalue weighted by Gasteiger charge is -2.02. The topological polar surface area (TPSA) is 69.0 Å². The fourth-order valence-electron chi connectivity index (χ4n) is 2.74. The Morgan fingerprint density at radius 2 is 1.82 bits per heavy atom. The molecule has 0 aliphatic rings. The largest absolute Gasteiger partial charge is 0.360 e. The molecule has 2 aromatic carbocycles. The standard InChI is InChI=1S/C17H12N3O2/c21-20(22)17-7-3-6-15-12(17)8-9-16(19-15)13-10-18-14-5-2-1-4-11(13)14/h1-10,18H,(H,21,22)/q+1. The van der Waals surface area contributed by atoms with E-state index in [1.54, 1.807) is 18.2 Å². The van der Waals surface area contributed by atoms with Crippen LogP contribution in [0, 0.1) is 4.91 Å². The molecule has 2 N–H and O–H groups in total. The van der Waals surface area contributed by atoms with Crippen LogP contribution in [0.3, 0.4) is 0 Å². The Hall–Kier alpha value is -3.21. The van der Waals surface area contributed by atoms with Crippen molar-refractivity contribution in [1.82, 2.24) is 9.97 Å². The van der Waals surface area contributed by atoms with Gasteiger partial charge >= 0.3 is 5.69 Å². The molecule has 0 saturated heterocycles. The van der Waals surface area contributed by atoms with Crippen LogP contribution in [0.2, 0.25) is 0 Å². The third kappa shape index (κ3) is 1.83. The Morgan fingerprint density at radius 1 is 0.955 bits per heavy atom. The molecular formula is C17H12N3O2+. The van der Waals surface area contributed by atoms with Gasteiger partial charge in [-0.25, -0.2) is 10.2 Å². The lowest BCUT2D eigenvalue weighted by atomic mass is 10.1. The number of aromatic nitrogens is 2. The first-order valence-electron chi connectivity index (χ1n) is 6.86. The normalized spacial score (nSPS) is 11.1. The van der Waals surface area contributed by atoms with Crippen LogP contribution in [0.4, 0.5) is 5.69 Å². The molecule has 0 amide bonds. The fraction of sp³-hybridized carbons (Fsp3) is 0. The smallest absolute Gasteiger partial charge is 0.325 e. The van der Waals surface area contributed by atoms with Crippen LogP contribution >= 0.6 is 0 Å². The third-order valence-corrected chi connectivity index (χ3v) is 3.78. The number of fused-ring (bicyclic) bond motifs is 2. The molecule has 5 heteroatoms. The van der Waals surface area contributed by atoms with Gasteiger partial charge in [-0.3, -0.25) is 0 Å². The van der Waals surface area contributed by atoms with Crippen molar-refractivity contribution in [1.29, 1.82) is 0 Å². The van der Waals surface area contributed by atoms with Gasteiger partial charge in [0.15, 0.2) is 0 Å². The van der Waals surface area contributed by atoms with Crippen LogP contribution in [0.5, 0.6) is 0 Å². The van der Waals surface area contributed by atoms with Crippen LogP contribution in [-0.4, -0.2) is 20.1 Å². The fourth-order valence-corrected chi connectivity index (χ4v) is 2.74. The summed E-state index contributed by atoms with van der Waals surface area (Å²) < 4.78 is 0. The average Bonchev–Trinajstić information content (AvgIpc) is 2.97. The molecule has 2 heterocycles. The molecule has 0 saturated carbocycles. The monoisotopic (exact) mass is 290 g/mol. The molecule has 4 aromatic rings. The molecule has 5 nitrogen and oxygen atoms in total. The van der Waals surface area contributed by atoms with Gasteiger partial charge in [0.25, 0.3) is 4.92 Å². The van der Waals surface area contributed by atoms with Crippen LogP contribution in [0.15, 0.2) is 60.8 Å². The van der Waals surface area contributed by atoms with Crippen molar-refractivity contribution < 1.29 is 10.1 Å².